The second-order valence-electron chi connectivity index (χ2n) is 3.34. The Morgan fingerprint density at radius 3 is 2.57 bits per heavy atom. The van der Waals surface area contributed by atoms with Crippen LogP contribution in [0.4, 0.5) is 0 Å². The third-order valence-corrected chi connectivity index (χ3v) is 2.03. The highest BCUT2D eigenvalue weighted by Crippen LogP contribution is 2.02. The molecule has 0 saturated heterocycles. The summed E-state index contributed by atoms with van der Waals surface area (Å²) in [6.45, 7) is 3.42. The average molecular weight is 202 g/mol. The van der Waals surface area contributed by atoms with Crippen LogP contribution in [0, 0.1) is 0 Å². The first-order valence-corrected chi connectivity index (χ1v) is 5.38. The molecule has 0 aromatic rings. The Balaban J connectivity index is 2.95. The Kier molecular flexibility index (Phi) is 10.0. The molecule has 4 heteroatoms. The lowest BCUT2D eigenvalue weighted by Crippen LogP contribution is -2.30. The van der Waals surface area contributed by atoms with Gasteiger partial charge in [-0.2, -0.15) is 0 Å². The number of ether oxygens (including phenoxy) is 1. The van der Waals surface area contributed by atoms with Crippen LogP contribution in [0.3, 0.4) is 0 Å². The van der Waals surface area contributed by atoms with E-state index in [4.69, 9.17) is 10.6 Å². The summed E-state index contributed by atoms with van der Waals surface area (Å²) >= 11 is 0. The van der Waals surface area contributed by atoms with Crippen molar-refractivity contribution in [2.75, 3.05) is 13.2 Å². The molecule has 0 aliphatic heterocycles. The predicted molar refractivity (Wildman–Crippen MR) is 56.5 cm³/mol. The second-order valence-corrected chi connectivity index (χ2v) is 3.34. The molecular formula is C10H22N2O2. The molecule has 0 aliphatic rings. The van der Waals surface area contributed by atoms with Gasteiger partial charge in [0, 0.05) is 6.61 Å². The zero-order valence-electron chi connectivity index (χ0n) is 9.05. The smallest absolute Gasteiger partial charge is 0.236 e. The highest BCUT2D eigenvalue weighted by Gasteiger charge is 1.97. The van der Waals surface area contributed by atoms with Crippen molar-refractivity contribution in [2.24, 2.45) is 5.84 Å². The molecule has 0 bridgehead atoms. The topological polar surface area (TPSA) is 64.3 Å². The summed E-state index contributed by atoms with van der Waals surface area (Å²) in [5.74, 6) is 4.74. The number of amides is 1. The van der Waals surface area contributed by atoms with Crippen LogP contribution in [0.15, 0.2) is 0 Å². The van der Waals surface area contributed by atoms with Crippen LogP contribution in [0.5, 0.6) is 0 Å². The molecule has 0 unspecified atom stereocenters. The van der Waals surface area contributed by atoms with Gasteiger partial charge in [0.05, 0.1) is 13.0 Å². The zero-order chi connectivity index (χ0) is 10.6. The van der Waals surface area contributed by atoms with Gasteiger partial charge in [-0.15, -0.1) is 0 Å². The van der Waals surface area contributed by atoms with Crippen LogP contribution in [-0.2, 0) is 9.53 Å². The third-order valence-electron chi connectivity index (χ3n) is 2.03. The maximum Gasteiger partial charge on any atom is 0.236 e. The molecule has 0 heterocycles. The van der Waals surface area contributed by atoms with Gasteiger partial charge >= 0.3 is 0 Å². The third kappa shape index (κ3) is 9.48. The summed E-state index contributed by atoms with van der Waals surface area (Å²) in [5.41, 5.74) is 2.06. The van der Waals surface area contributed by atoms with E-state index < -0.39 is 0 Å². The molecule has 0 spiro atoms. The molecule has 0 saturated carbocycles. The summed E-state index contributed by atoms with van der Waals surface area (Å²) in [7, 11) is 0. The number of rotatable bonds is 9. The molecular weight excluding hydrogens is 180 g/mol. The summed E-state index contributed by atoms with van der Waals surface area (Å²) in [5, 5.41) is 0. The van der Waals surface area contributed by atoms with Gasteiger partial charge in [-0.1, -0.05) is 32.6 Å². The fourth-order valence-corrected chi connectivity index (χ4v) is 1.15. The number of carbonyl (C=O) groups is 1. The summed E-state index contributed by atoms with van der Waals surface area (Å²) in [4.78, 5) is 10.7. The summed E-state index contributed by atoms with van der Waals surface area (Å²) in [6.07, 6.45) is 6.50. The SMILES string of the molecule is CCCCCCCOCCC(=O)NN. The first-order chi connectivity index (χ1) is 6.81. The number of hydrazine groups is 1. The lowest BCUT2D eigenvalue weighted by Gasteiger charge is -2.03. The summed E-state index contributed by atoms with van der Waals surface area (Å²) < 4.78 is 5.27. The number of hydrogen-bond donors (Lipinski definition) is 2. The van der Waals surface area contributed by atoms with Crippen molar-refractivity contribution in [3.05, 3.63) is 0 Å². The molecule has 0 atom stereocenters. The van der Waals surface area contributed by atoms with Gasteiger partial charge in [-0.05, 0) is 6.42 Å². The number of nitrogens with two attached hydrogens (primary N) is 1. The van der Waals surface area contributed by atoms with Gasteiger partial charge < -0.3 is 4.74 Å². The molecule has 1 amide bonds. The lowest BCUT2D eigenvalue weighted by atomic mass is 10.2. The van der Waals surface area contributed by atoms with E-state index >= 15 is 0 Å². The minimum atomic E-state index is -0.170. The van der Waals surface area contributed by atoms with Crippen molar-refractivity contribution in [2.45, 2.75) is 45.4 Å². The van der Waals surface area contributed by atoms with E-state index in [1.165, 1.54) is 25.7 Å². The monoisotopic (exact) mass is 202 g/mol. The van der Waals surface area contributed by atoms with Crippen molar-refractivity contribution in [1.29, 1.82) is 0 Å². The molecule has 0 aromatic carbocycles. The Labute approximate surface area is 86.2 Å². The van der Waals surface area contributed by atoms with Gasteiger partial charge in [-0.3, -0.25) is 10.2 Å². The number of unbranched alkanes of at least 4 members (excludes halogenated alkanes) is 4. The van der Waals surface area contributed by atoms with Crippen LogP contribution >= 0.6 is 0 Å². The first kappa shape index (κ1) is 13.4. The molecule has 0 fully saturated rings. The standard InChI is InChI=1S/C10H22N2O2/c1-2-3-4-5-6-8-14-9-7-10(13)12-11/h2-9,11H2,1H3,(H,12,13). The number of nitrogens with one attached hydrogen (secondary N) is 1. The van der Waals surface area contributed by atoms with Crippen molar-refractivity contribution in [1.82, 2.24) is 5.43 Å². The molecule has 0 rings (SSSR count). The number of carbonyl (C=O) groups excluding carboxylic acids is 1. The Bertz CT molecular complexity index is 140. The Morgan fingerprint density at radius 2 is 1.93 bits per heavy atom. The van der Waals surface area contributed by atoms with Gasteiger partial charge in [-0.25, -0.2) is 5.84 Å². The van der Waals surface area contributed by atoms with E-state index in [1.807, 2.05) is 0 Å². The first-order valence-electron chi connectivity index (χ1n) is 5.38. The maximum absolute atomic E-state index is 10.7. The lowest BCUT2D eigenvalue weighted by molar-refractivity contribution is -0.122. The van der Waals surface area contributed by atoms with Crippen LogP contribution in [0.2, 0.25) is 0 Å². The minimum Gasteiger partial charge on any atom is -0.381 e. The predicted octanol–water partition coefficient (Wildman–Crippen LogP) is 1.35. The van der Waals surface area contributed by atoms with Gasteiger partial charge in [0.1, 0.15) is 0 Å². The summed E-state index contributed by atoms with van der Waals surface area (Å²) in [6, 6.07) is 0. The Hall–Kier alpha value is -0.610. The van der Waals surface area contributed by atoms with Crippen molar-refractivity contribution in [3.8, 4) is 0 Å². The van der Waals surface area contributed by atoms with Crippen molar-refractivity contribution in [3.63, 3.8) is 0 Å². The van der Waals surface area contributed by atoms with E-state index in [-0.39, 0.29) is 5.91 Å². The zero-order valence-corrected chi connectivity index (χ0v) is 9.05. The quantitative estimate of drug-likeness (QED) is 0.257. The van der Waals surface area contributed by atoms with E-state index in [1.54, 1.807) is 0 Å². The second kappa shape index (κ2) is 10.5. The molecule has 14 heavy (non-hydrogen) atoms. The normalized spacial score (nSPS) is 10.1. The van der Waals surface area contributed by atoms with E-state index in [9.17, 15) is 4.79 Å². The highest BCUT2D eigenvalue weighted by atomic mass is 16.5. The maximum atomic E-state index is 10.7. The van der Waals surface area contributed by atoms with Crippen LogP contribution in [0.1, 0.15) is 45.4 Å². The van der Waals surface area contributed by atoms with Crippen LogP contribution < -0.4 is 11.3 Å². The number of hydrogen-bond acceptors (Lipinski definition) is 3. The molecule has 0 aliphatic carbocycles. The largest absolute Gasteiger partial charge is 0.381 e. The molecule has 84 valence electrons. The van der Waals surface area contributed by atoms with Gasteiger partial charge in [0.2, 0.25) is 5.91 Å². The fraction of sp³-hybridized carbons (Fsp3) is 0.900. The molecule has 4 nitrogen and oxygen atoms in total. The molecule has 0 aromatic heterocycles. The Morgan fingerprint density at radius 1 is 1.21 bits per heavy atom. The van der Waals surface area contributed by atoms with Crippen molar-refractivity contribution < 1.29 is 9.53 Å². The fourth-order valence-electron chi connectivity index (χ4n) is 1.15. The molecule has 0 radical (unpaired) electrons. The minimum absolute atomic E-state index is 0.170. The van der Waals surface area contributed by atoms with E-state index in [0.717, 1.165) is 13.0 Å². The van der Waals surface area contributed by atoms with E-state index in [2.05, 4.69) is 12.3 Å². The molecule has 3 N–H and O–H groups in total. The average Bonchev–Trinajstić information content (AvgIpc) is 2.21. The van der Waals surface area contributed by atoms with Gasteiger partial charge in [0.25, 0.3) is 0 Å². The van der Waals surface area contributed by atoms with Crippen LogP contribution in [-0.4, -0.2) is 19.1 Å². The highest BCUT2D eigenvalue weighted by molar-refractivity contribution is 5.75. The van der Waals surface area contributed by atoms with E-state index in [0.29, 0.717) is 13.0 Å². The van der Waals surface area contributed by atoms with Crippen molar-refractivity contribution >= 4 is 5.91 Å². The van der Waals surface area contributed by atoms with Gasteiger partial charge in [0.15, 0.2) is 0 Å². The van der Waals surface area contributed by atoms with Crippen LogP contribution in [0.25, 0.3) is 0 Å².